The van der Waals surface area contributed by atoms with Crippen LogP contribution in [0.1, 0.15) is 56.2 Å². The fourth-order valence-corrected chi connectivity index (χ4v) is 4.77. The Morgan fingerprint density at radius 1 is 1.08 bits per heavy atom. The summed E-state index contributed by atoms with van der Waals surface area (Å²) in [6.07, 6.45) is 3.66. The van der Waals surface area contributed by atoms with Crippen LogP contribution in [0, 0.1) is 12.8 Å². The van der Waals surface area contributed by atoms with Crippen molar-refractivity contribution in [2.45, 2.75) is 52.0 Å². The van der Waals surface area contributed by atoms with Crippen LogP contribution in [-0.2, 0) is 9.59 Å². The molecule has 1 aliphatic heterocycles. The Bertz CT molecular complexity index is 1080. The molecule has 2 aromatic rings. The van der Waals surface area contributed by atoms with Gasteiger partial charge in [0.05, 0.1) is 18.8 Å². The molecule has 1 unspecified atom stereocenters. The smallest absolute Gasteiger partial charge is 0.323 e. The molecule has 0 spiro atoms. The lowest BCUT2D eigenvalue weighted by Crippen LogP contribution is -2.36. The topological polar surface area (TPSA) is 120 Å². The first-order chi connectivity index (χ1) is 17.7. The van der Waals surface area contributed by atoms with Gasteiger partial charge in [0.2, 0.25) is 5.91 Å². The van der Waals surface area contributed by atoms with Crippen molar-refractivity contribution in [1.82, 2.24) is 10.2 Å². The minimum Gasteiger partial charge on any atom is -0.495 e. The zero-order chi connectivity index (χ0) is 26.8. The lowest BCUT2D eigenvalue weighted by molar-refractivity contribution is -0.137. The number of ether oxygens (including phenoxy) is 1. The molecule has 1 fully saturated rings. The van der Waals surface area contributed by atoms with Gasteiger partial charge in [0, 0.05) is 19.0 Å². The number of carbonyl (C=O) groups is 3. The van der Waals surface area contributed by atoms with Crippen molar-refractivity contribution >= 4 is 29.3 Å². The van der Waals surface area contributed by atoms with E-state index in [0.29, 0.717) is 23.8 Å². The van der Waals surface area contributed by atoms with Gasteiger partial charge >= 0.3 is 12.0 Å². The van der Waals surface area contributed by atoms with Gasteiger partial charge in [0.25, 0.3) is 0 Å². The summed E-state index contributed by atoms with van der Waals surface area (Å²) in [6.45, 7) is 6.10. The number of methoxy groups -OCH3 is 1. The number of aliphatic carboxylic acids is 1. The van der Waals surface area contributed by atoms with E-state index < -0.39 is 5.97 Å². The molecule has 1 saturated heterocycles. The molecule has 0 aromatic heterocycles. The summed E-state index contributed by atoms with van der Waals surface area (Å²) in [6, 6.07) is 12.6. The lowest BCUT2D eigenvalue weighted by atomic mass is 9.87. The number of carboxylic acid groups (broad SMARTS) is 1. The third-order valence-electron chi connectivity index (χ3n) is 6.79. The Hall–Kier alpha value is -3.59. The van der Waals surface area contributed by atoms with Crippen molar-refractivity contribution in [3.8, 4) is 5.75 Å². The maximum Gasteiger partial charge on any atom is 0.323 e. The number of anilines is 2. The minimum absolute atomic E-state index is 0.102. The number of para-hydroxylation sites is 1. The third kappa shape index (κ3) is 8.78. The first-order valence-corrected chi connectivity index (χ1v) is 12.8. The highest BCUT2D eigenvalue weighted by Gasteiger charge is 2.24. The normalized spacial score (nSPS) is 15.0. The Balaban J connectivity index is 1.63. The predicted molar refractivity (Wildman–Crippen MR) is 144 cm³/mol. The SMILES string of the molecule is COc1cc(C(CC2CCN(CCCC(=O)O)CC2)NC(C)=O)ccc1NC(=O)Nc1ccccc1C. The second-order valence-corrected chi connectivity index (χ2v) is 9.62. The van der Waals surface area contributed by atoms with E-state index in [1.165, 1.54) is 6.92 Å². The molecule has 4 N–H and O–H groups in total. The maximum atomic E-state index is 12.6. The molecule has 2 aromatic carbocycles. The highest BCUT2D eigenvalue weighted by Crippen LogP contribution is 2.33. The standard InChI is InChI=1S/C28H38N4O5/c1-19-7-4-5-8-23(19)30-28(36)31-24-11-10-22(18-26(24)37-3)25(29-20(2)33)17-21-12-15-32(16-13-21)14-6-9-27(34)35/h4-5,7-8,10-11,18,21,25H,6,9,12-17H2,1-3H3,(H,29,33)(H,34,35)(H2,30,31,36). The quantitative estimate of drug-likeness (QED) is 0.345. The van der Waals surface area contributed by atoms with Crippen molar-refractivity contribution < 1.29 is 24.2 Å². The monoisotopic (exact) mass is 510 g/mol. The summed E-state index contributed by atoms with van der Waals surface area (Å²) in [7, 11) is 1.55. The van der Waals surface area contributed by atoms with Crippen LogP contribution in [0.25, 0.3) is 0 Å². The van der Waals surface area contributed by atoms with Crippen LogP contribution in [-0.4, -0.2) is 54.7 Å². The first-order valence-electron chi connectivity index (χ1n) is 12.8. The van der Waals surface area contributed by atoms with Gasteiger partial charge in [0.1, 0.15) is 5.75 Å². The van der Waals surface area contributed by atoms with E-state index in [-0.39, 0.29) is 24.4 Å². The van der Waals surface area contributed by atoms with Crippen LogP contribution in [0.2, 0.25) is 0 Å². The highest BCUT2D eigenvalue weighted by atomic mass is 16.5. The number of hydrogen-bond donors (Lipinski definition) is 4. The van der Waals surface area contributed by atoms with Crippen LogP contribution in [0.3, 0.4) is 0 Å². The summed E-state index contributed by atoms with van der Waals surface area (Å²) in [5, 5.41) is 17.6. The number of nitrogens with zero attached hydrogens (tertiary/aromatic N) is 1. The molecule has 1 atom stereocenters. The highest BCUT2D eigenvalue weighted by molar-refractivity contribution is 6.01. The number of carbonyl (C=O) groups excluding carboxylic acids is 2. The number of hydrogen-bond acceptors (Lipinski definition) is 5. The van der Waals surface area contributed by atoms with E-state index in [0.717, 1.165) is 55.7 Å². The number of carboxylic acids is 1. The van der Waals surface area contributed by atoms with Gasteiger partial charge in [-0.1, -0.05) is 24.3 Å². The Morgan fingerprint density at radius 3 is 2.43 bits per heavy atom. The molecular formula is C28H38N4O5. The summed E-state index contributed by atoms with van der Waals surface area (Å²) in [4.78, 5) is 37.7. The molecule has 1 heterocycles. The van der Waals surface area contributed by atoms with Gasteiger partial charge in [-0.15, -0.1) is 0 Å². The largest absolute Gasteiger partial charge is 0.495 e. The Kier molecular flexibility index (Phi) is 10.3. The molecule has 0 radical (unpaired) electrons. The van der Waals surface area contributed by atoms with Gasteiger partial charge in [-0.25, -0.2) is 4.79 Å². The number of nitrogens with one attached hydrogen (secondary N) is 3. The van der Waals surface area contributed by atoms with E-state index in [1.807, 2.05) is 43.3 Å². The Labute approximate surface area is 218 Å². The van der Waals surface area contributed by atoms with E-state index in [9.17, 15) is 14.4 Å². The molecule has 1 aliphatic rings. The van der Waals surface area contributed by atoms with Crippen LogP contribution >= 0.6 is 0 Å². The summed E-state index contributed by atoms with van der Waals surface area (Å²) in [5.74, 6) is 0.101. The number of amides is 3. The lowest BCUT2D eigenvalue weighted by Gasteiger charge is -2.34. The van der Waals surface area contributed by atoms with Crippen LogP contribution in [0.15, 0.2) is 42.5 Å². The van der Waals surface area contributed by atoms with Gasteiger partial charge in [-0.3, -0.25) is 9.59 Å². The number of benzene rings is 2. The third-order valence-corrected chi connectivity index (χ3v) is 6.79. The molecule has 9 nitrogen and oxygen atoms in total. The number of rotatable bonds is 11. The first kappa shape index (κ1) is 28.0. The molecule has 0 saturated carbocycles. The number of aryl methyl sites for hydroxylation is 1. The molecule has 3 amide bonds. The van der Waals surface area contributed by atoms with E-state index in [4.69, 9.17) is 9.84 Å². The van der Waals surface area contributed by atoms with Gasteiger partial charge in [-0.05, 0) is 87.5 Å². The summed E-state index contributed by atoms with van der Waals surface area (Å²) in [5.41, 5.74) is 3.15. The van der Waals surface area contributed by atoms with Crippen LogP contribution in [0.4, 0.5) is 16.2 Å². The van der Waals surface area contributed by atoms with Crippen LogP contribution in [0.5, 0.6) is 5.75 Å². The average Bonchev–Trinajstić information content (AvgIpc) is 2.86. The molecule has 200 valence electrons. The van der Waals surface area contributed by atoms with Crippen molar-refractivity contribution in [1.29, 1.82) is 0 Å². The number of urea groups is 1. The number of likely N-dealkylation sites (tertiary alicyclic amines) is 1. The molecule has 3 rings (SSSR count). The van der Waals surface area contributed by atoms with Gasteiger partial charge < -0.3 is 30.7 Å². The minimum atomic E-state index is -0.753. The summed E-state index contributed by atoms with van der Waals surface area (Å²) >= 11 is 0. The van der Waals surface area contributed by atoms with E-state index >= 15 is 0 Å². The van der Waals surface area contributed by atoms with E-state index in [1.54, 1.807) is 13.2 Å². The maximum absolute atomic E-state index is 12.6. The zero-order valence-electron chi connectivity index (χ0n) is 21.9. The second-order valence-electron chi connectivity index (χ2n) is 9.62. The second kappa shape index (κ2) is 13.6. The van der Waals surface area contributed by atoms with Gasteiger partial charge in [-0.2, -0.15) is 0 Å². The molecular weight excluding hydrogens is 472 g/mol. The van der Waals surface area contributed by atoms with Crippen molar-refractivity contribution in [2.75, 3.05) is 37.4 Å². The zero-order valence-corrected chi connectivity index (χ0v) is 21.9. The number of piperidine rings is 1. The van der Waals surface area contributed by atoms with E-state index in [2.05, 4.69) is 20.9 Å². The van der Waals surface area contributed by atoms with Crippen LogP contribution < -0.4 is 20.7 Å². The molecule has 0 aliphatic carbocycles. The molecule has 37 heavy (non-hydrogen) atoms. The van der Waals surface area contributed by atoms with Crippen molar-refractivity contribution in [2.24, 2.45) is 5.92 Å². The predicted octanol–water partition coefficient (Wildman–Crippen LogP) is 4.79. The average molecular weight is 511 g/mol. The van der Waals surface area contributed by atoms with Gasteiger partial charge in [0.15, 0.2) is 0 Å². The fraction of sp³-hybridized carbons (Fsp3) is 0.464. The van der Waals surface area contributed by atoms with Crippen molar-refractivity contribution in [3.63, 3.8) is 0 Å². The molecule has 9 heteroatoms. The van der Waals surface area contributed by atoms with Crippen molar-refractivity contribution in [3.05, 3.63) is 53.6 Å². The fourth-order valence-electron chi connectivity index (χ4n) is 4.77. The Morgan fingerprint density at radius 2 is 1.78 bits per heavy atom. The summed E-state index contributed by atoms with van der Waals surface area (Å²) < 4.78 is 5.57. The molecule has 0 bridgehead atoms.